The second-order valence-electron chi connectivity index (χ2n) is 5.36. The Kier molecular flexibility index (Phi) is 3.94. The van der Waals surface area contributed by atoms with Gasteiger partial charge < -0.3 is 0 Å². The van der Waals surface area contributed by atoms with E-state index in [1.165, 1.54) is 11.3 Å². The summed E-state index contributed by atoms with van der Waals surface area (Å²) < 4.78 is 28.4. The molecule has 0 atom stereocenters. The fourth-order valence-electron chi connectivity index (χ4n) is 1.99. The molecule has 0 bridgehead atoms. The maximum Gasteiger partial charge on any atom is 0.250 e. The molecule has 1 saturated carbocycles. The zero-order valence-electron chi connectivity index (χ0n) is 10.8. The predicted octanol–water partition coefficient (Wildman–Crippen LogP) is 3.53. The van der Waals surface area contributed by atoms with Crippen molar-refractivity contribution >= 4 is 37.3 Å². The summed E-state index contributed by atoms with van der Waals surface area (Å²) in [6.07, 6.45) is 2.25. The molecule has 1 aliphatic rings. The average molecular weight is 352 g/mol. The van der Waals surface area contributed by atoms with Crippen molar-refractivity contribution in [3.8, 4) is 0 Å². The van der Waals surface area contributed by atoms with Crippen molar-refractivity contribution < 1.29 is 8.42 Å². The summed E-state index contributed by atoms with van der Waals surface area (Å²) in [5.41, 5.74) is 1.15. The standard InChI is InChI=1S/C12H18BrNO2S2/c1-8(2)12(4-5-12)7-14-18(15,16)10-6-9(3)11(13)17-10/h6,8,14H,4-5,7H2,1-3H3. The van der Waals surface area contributed by atoms with Gasteiger partial charge in [-0.15, -0.1) is 11.3 Å². The normalized spacial score (nSPS) is 18.3. The quantitative estimate of drug-likeness (QED) is 0.881. The van der Waals surface area contributed by atoms with Crippen molar-refractivity contribution in [3.63, 3.8) is 0 Å². The Hall–Kier alpha value is 0.0900. The Bertz CT molecular complexity index is 525. The van der Waals surface area contributed by atoms with Crippen LogP contribution in [0.5, 0.6) is 0 Å². The molecule has 6 heteroatoms. The van der Waals surface area contributed by atoms with Gasteiger partial charge in [0.05, 0.1) is 3.79 Å². The predicted molar refractivity (Wildman–Crippen MR) is 78.4 cm³/mol. The van der Waals surface area contributed by atoms with Crippen LogP contribution >= 0.6 is 27.3 Å². The number of aryl methyl sites for hydroxylation is 1. The van der Waals surface area contributed by atoms with Crippen LogP contribution in [0.15, 0.2) is 14.1 Å². The van der Waals surface area contributed by atoms with Gasteiger partial charge in [0.25, 0.3) is 0 Å². The van der Waals surface area contributed by atoms with Crippen molar-refractivity contribution in [2.75, 3.05) is 6.54 Å². The minimum Gasteiger partial charge on any atom is -0.210 e. The van der Waals surface area contributed by atoms with Crippen molar-refractivity contribution in [3.05, 3.63) is 15.4 Å². The first-order chi connectivity index (χ1) is 8.27. The van der Waals surface area contributed by atoms with E-state index in [0.717, 1.165) is 22.2 Å². The Morgan fingerprint density at radius 2 is 2.11 bits per heavy atom. The van der Waals surface area contributed by atoms with E-state index in [1.807, 2.05) is 6.92 Å². The summed E-state index contributed by atoms with van der Waals surface area (Å²) in [5, 5.41) is 0. The largest absolute Gasteiger partial charge is 0.250 e. The van der Waals surface area contributed by atoms with Gasteiger partial charge in [0.2, 0.25) is 10.0 Å². The van der Waals surface area contributed by atoms with Gasteiger partial charge in [-0.1, -0.05) is 13.8 Å². The molecule has 0 saturated heterocycles. The molecule has 1 fully saturated rings. The summed E-state index contributed by atoms with van der Waals surface area (Å²) in [6.45, 7) is 6.78. The lowest BCUT2D eigenvalue weighted by molar-refractivity contribution is 0.357. The van der Waals surface area contributed by atoms with Gasteiger partial charge in [-0.25, -0.2) is 13.1 Å². The summed E-state index contributed by atoms with van der Waals surface area (Å²) >= 11 is 4.63. The highest BCUT2D eigenvalue weighted by atomic mass is 79.9. The van der Waals surface area contributed by atoms with Crippen LogP contribution in [0.3, 0.4) is 0 Å². The fraction of sp³-hybridized carbons (Fsp3) is 0.667. The van der Waals surface area contributed by atoms with Crippen molar-refractivity contribution in [2.45, 2.75) is 37.8 Å². The van der Waals surface area contributed by atoms with E-state index in [1.54, 1.807) is 6.07 Å². The van der Waals surface area contributed by atoms with Gasteiger partial charge in [0.15, 0.2) is 0 Å². The third-order valence-corrected chi connectivity index (χ3v) is 7.84. The Morgan fingerprint density at radius 1 is 1.50 bits per heavy atom. The highest BCUT2D eigenvalue weighted by molar-refractivity contribution is 9.11. The lowest BCUT2D eigenvalue weighted by Gasteiger charge is -2.19. The van der Waals surface area contributed by atoms with E-state index >= 15 is 0 Å². The molecule has 0 aliphatic heterocycles. The van der Waals surface area contributed by atoms with E-state index in [2.05, 4.69) is 34.5 Å². The molecule has 0 unspecified atom stereocenters. The van der Waals surface area contributed by atoms with Crippen LogP contribution in [0.4, 0.5) is 0 Å². The molecule has 0 aromatic carbocycles. The average Bonchev–Trinajstić information content (AvgIpc) is 2.99. The second-order valence-corrected chi connectivity index (χ2v) is 9.73. The summed E-state index contributed by atoms with van der Waals surface area (Å²) in [4.78, 5) is 0. The topological polar surface area (TPSA) is 46.2 Å². The number of rotatable bonds is 5. The summed E-state index contributed by atoms with van der Waals surface area (Å²) in [5.74, 6) is 0.525. The van der Waals surface area contributed by atoms with E-state index in [4.69, 9.17) is 0 Å². The third kappa shape index (κ3) is 2.81. The van der Waals surface area contributed by atoms with Crippen molar-refractivity contribution in [1.82, 2.24) is 4.72 Å². The van der Waals surface area contributed by atoms with Crippen molar-refractivity contribution in [2.24, 2.45) is 11.3 Å². The van der Waals surface area contributed by atoms with Gasteiger partial charge in [-0.3, -0.25) is 0 Å². The number of sulfonamides is 1. The van der Waals surface area contributed by atoms with Crippen LogP contribution in [0.1, 0.15) is 32.3 Å². The number of hydrogen-bond acceptors (Lipinski definition) is 3. The number of halogens is 1. The van der Waals surface area contributed by atoms with Crippen LogP contribution < -0.4 is 4.72 Å². The molecular weight excluding hydrogens is 334 g/mol. The molecule has 1 heterocycles. The first-order valence-corrected chi connectivity index (χ1v) is 9.12. The van der Waals surface area contributed by atoms with Crippen LogP contribution in [0.2, 0.25) is 0 Å². The highest BCUT2D eigenvalue weighted by Crippen LogP contribution is 2.51. The van der Waals surface area contributed by atoms with E-state index in [-0.39, 0.29) is 5.41 Å². The Labute approximate surface area is 121 Å². The number of nitrogens with one attached hydrogen (secondary N) is 1. The SMILES string of the molecule is Cc1cc(S(=O)(=O)NCC2(C(C)C)CC2)sc1Br. The first kappa shape index (κ1) is 14.5. The molecule has 18 heavy (non-hydrogen) atoms. The van der Waals surface area contributed by atoms with Gasteiger partial charge >= 0.3 is 0 Å². The molecule has 0 radical (unpaired) electrons. The van der Waals surface area contributed by atoms with E-state index in [9.17, 15) is 8.42 Å². The molecule has 102 valence electrons. The molecular formula is C12H18BrNO2S2. The Morgan fingerprint density at radius 3 is 2.50 bits per heavy atom. The Balaban J connectivity index is 2.09. The lowest BCUT2D eigenvalue weighted by Crippen LogP contribution is -2.32. The molecule has 1 aliphatic carbocycles. The molecule has 2 rings (SSSR count). The maximum absolute atomic E-state index is 12.2. The van der Waals surface area contributed by atoms with Crippen LogP contribution in [-0.2, 0) is 10.0 Å². The molecule has 1 aromatic heterocycles. The molecule has 3 nitrogen and oxygen atoms in total. The number of hydrogen-bond donors (Lipinski definition) is 1. The monoisotopic (exact) mass is 351 g/mol. The lowest BCUT2D eigenvalue weighted by atomic mass is 9.93. The third-order valence-electron chi connectivity index (χ3n) is 3.83. The minimum absolute atomic E-state index is 0.191. The van der Waals surface area contributed by atoms with Crippen LogP contribution in [0, 0.1) is 18.3 Å². The van der Waals surface area contributed by atoms with Crippen LogP contribution in [0.25, 0.3) is 0 Å². The van der Waals surface area contributed by atoms with Crippen molar-refractivity contribution in [1.29, 1.82) is 0 Å². The molecule has 1 N–H and O–H groups in total. The zero-order valence-corrected chi connectivity index (χ0v) is 14.0. The zero-order chi connectivity index (χ0) is 13.6. The van der Waals surface area contributed by atoms with Gasteiger partial charge in [-0.2, -0.15) is 0 Å². The highest BCUT2D eigenvalue weighted by Gasteiger charge is 2.45. The van der Waals surface area contributed by atoms with Crippen LogP contribution in [-0.4, -0.2) is 15.0 Å². The smallest absolute Gasteiger partial charge is 0.210 e. The second kappa shape index (κ2) is 4.89. The summed E-state index contributed by atoms with van der Waals surface area (Å²) in [6, 6.07) is 1.71. The summed E-state index contributed by atoms with van der Waals surface area (Å²) in [7, 11) is -3.35. The fourth-order valence-corrected chi connectivity index (χ4v) is 5.40. The molecule has 0 amide bonds. The van der Waals surface area contributed by atoms with E-state index in [0.29, 0.717) is 16.7 Å². The molecule has 1 aromatic rings. The first-order valence-electron chi connectivity index (χ1n) is 6.02. The van der Waals surface area contributed by atoms with E-state index < -0.39 is 10.0 Å². The minimum atomic E-state index is -3.35. The molecule has 0 spiro atoms. The van der Waals surface area contributed by atoms with Gasteiger partial charge in [0, 0.05) is 6.54 Å². The number of thiophene rings is 1. The van der Waals surface area contributed by atoms with Gasteiger partial charge in [-0.05, 0) is 58.7 Å². The van der Waals surface area contributed by atoms with Gasteiger partial charge in [0.1, 0.15) is 4.21 Å². The maximum atomic E-state index is 12.2.